The first-order valence-corrected chi connectivity index (χ1v) is 5.11. The van der Waals surface area contributed by atoms with Gasteiger partial charge in [0.2, 0.25) is 5.95 Å². The molecule has 0 aromatic carbocycles. The Kier molecular flexibility index (Phi) is 2.53. The normalized spacial score (nSPS) is 15.7. The SMILES string of the molecule is Cc1nc(N2CCCC2)ncc1C(=N)N. The standard InChI is InChI=1S/C10H15N5/c1-7-8(9(11)12)6-13-10(14-7)15-4-2-3-5-15/h6H,2-5H2,1H3,(H3,11,12). The molecule has 0 saturated carbocycles. The van der Waals surface area contributed by atoms with E-state index in [-0.39, 0.29) is 5.84 Å². The van der Waals surface area contributed by atoms with E-state index in [0.717, 1.165) is 24.7 Å². The molecule has 3 N–H and O–H groups in total. The molecule has 1 aromatic heterocycles. The zero-order chi connectivity index (χ0) is 10.8. The van der Waals surface area contributed by atoms with Gasteiger partial charge in [-0.3, -0.25) is 5.41 Å². The van der Waals surface area contributed by atoms with Gasteiger partial charge in [0.05, 0.1) is 11.3 Å². The lowest BCUT2D eigenvalue weighted by Crippen LogP contribution is -2.22. The molecule has 2 rings (SSSR count). The average Bonchev–Trinajstić information content (AvgIpc) is 2.69. The molecule has 15 heavy (non-hydrogen) atoms. The third kappa shape index (κ3) is 1.91. The summed E-state index contributed by atoms with van der Waals surface area (Å²) < 4.78 is 0. The predicted molar refractivity (Wildman–Crippen MR) is 59.2 cm³/mol. The van der Waals surface area contributed by atoms with Crippen LogP contribution in [-0.2, 0) is 0 Å². The van der Waals surface area contributed by atoms with Crippen LogP contribution in [-0.4, -0.2) is 28.9 Å². The van der Waals surface area contributed by atoms with Crippen molar-refractivity contribution in [3.63, 3.8) is 0 Å². The first kappa shape index (κ1) is 9.89. The van der Waals surface area contributed by atoms with Gasteiger partial charge in [0.25, 0.3) is 0 Å². The van der Waals surface area contributed by atoms with E-state index in [1.54, 1.807) is 6.20 Å². The van der Waals surface area contributed by atoms with E-state index in [4.69, 9.17) is 11.1 Å². The molecule has 1 aliphatic rings. The molecular weight excluding hydrogens is 190 g/mol. The molecule has 0 aliphatic carbocycles. The van der Waals surface area contributed by atoms with Gasteiger partial charge >= 0.3 is 0 Å². The van der Waals surface area contributed by atoms with Gasteiger partial charge in [-0.2, -0.15) is 0 Å². The van der Waals surface area contributed by atoms with Crippen LogP contribution in [0.25, 0.3) is 0 Å². The number of hydrogen-bond donors (Lipinski definition) is 2. The molecule has 0 bridgehead atoms. The summed E-state index contributed by atoms with van der Waals surface area (Å²) in [5, 5.41) is 7.34. The Morgan fingerprint density at radius 1 is 1.47 bits per heavy atom. The van der Waals surface area contributed by atoms with Gasteiger partial charge in [-0.15, -0.1) is 0 Å². The fourth-order valence-electron chi connectivity index (χ4n) is 1.79. The number of nitrogen functional groups attached to an aromatic ring is 1. The third-order valence-electron chi connectivity index (χ3n) is 2.65. The van der Waals surface area contributed by atoms with E-state index in [1.807, 2.05) is 6.92 Å². The molecule has 5 heteroatoms. The molecule has 1 saturated heterocycles. The fraction of sp³-hybridized carbons (Fsp3) is 0.500. The van der Waals surface area contributed by atoms with E-state index < -0.39 is 0 Å². The van der Waals surface area contributed by atoms with Crippen molar-refractivity contribution in [3.8, 4) is 0 Å². The monoisotopic (exact) mass is 205 g/mol. The summed E-state index contributed by atoms with van der Waals surface area (Å²) in [4.78, 5) is 10.8. The number of anilines is 1. The second kappa shape index (κ2) is 3.84. The van der Waals surface area contributed by atoms with E-state index >= 15 is 0 Å². The summed E-state index contributed by atoms with van der Waals surface area (Å²) in [6.07, 6.45) is 4.05. The highest BCUT2D eigenvalue weighted by Gasteiger charge is 2.15. The van der Waals surface area contributed by atoms with Crippen LogP contribution in [0.2, 0.25) is 0 Å². The van der Waals surface area contributed by atoms with E-state index in [0.29, 0.717) is 5.56 Å². The minimum atomic E-state index is 0.0282. The highest BCUT2D eigenvalue weighted by Crippen LogP contribution is 2.16. The smallest absolute Gasteiger partial charge is 0.225 e. The summed E-state index contributed by atoms with van der Waals surface area (Å²) in [6.45, 7) is 3.91. The van der Waals surface area contributed by atoms with Crippen molar-refractivity contribution in [2.45, 2.75) is 19.8 Å². The molecule has 80 valence electrons. The lowest BCUT2D eigenvalue weighted by molar-refractivity contribution is 0.887. The predicted octanol–water partition coefficient (Wildman–Crippen LogP) is 0.669. The van der Waals surface area contributed by atoms with Crippen LogP contribution in [0.3, 0.4) is 0 Å². The highest BCUT2D eigenvalue weighted by molar-refractivity contribution is 5.95. The van der Waals surface area contributed by atoms with Crippen LogP contribution in [0.15, 0.2) is 6.20 Å². The molecule has 5 nitrogen and oxygen atoms in total. The third-order valence-corrected chi connectivity index (χ3v) is 2.65. The molecule has 0 unspecified atom stereocenters. The van der Waals surface area contributed by atoms with Gasteiger partial charge in [0, 0.05) is 19.3 Å². The van der Waals surface area contributed by atoms with Crippen LogP contribution >= 0.6 is 0 Å². The minimum Gasteiger partial charge on any atom is -0.384 e. The van der Waals surface area contributed by atoms with E-state index in [2.05, 4.69) is 14.9 Å². The van der Waals surface area contributed by atoms with Crippen LogP contribution < -0.4 is 10.6 Å². The molecule has 0 amide bonds. The average molecular weight is 205 g/mol. The second-order valence-corrected chi connectivity index (χ2v) is 3.78. The number of nitrogens with two attached hydrogens (primary N) is 1. The number of nitrogens with zero attached hydrogens (tertiary/aromatic N) is 3. The Balaban J connectivity index is 2.28. The topological polar surface area (TPSA) is 78.9 Å². The van der Waals surface area contributed by atoms with Crippen molar-refractivity contribution in [2.24, 2.45) is 5.73 Å². The van der Waals surface area contributed by atoms with Gasteiger partial charge in [0.1, 0.15) is 5.84 Å². The molecule has 1 aromatic rings. The van der Waals surface area contributed by atoms with Crippen LogP contribution in [0.4, 0.5) is 5.95 Å². The first-order chi connectivity index (χ1) is 7.18. The van der Waals surface area contributed by atoms with Crippen molar-refractivity contribution in [1.82, 2.24) is 9.97 Å². The molecule has 0 atom stereocenters. The van der Waals surface area contributed by atoms with Crippen molar-refractivity contribution >= 4 is 11.8 Å². The number of aryl methyl sites for hydroxylation is 1. The maximum Gasteiger partial charge on any atom is 0.225 e. The molecule has 1 fully saturated rings. The molecular formula is C10H15N5. The largest absolute Gasteiger partial charge is 0.384 e. The number of aromatic nitrogens is 2. The summed E-state index contributed by atoms with van der Waals surface area (Å²) in [5.41, 5.74) is 6.81. The number of amidine groups is 1. The molecule has 1 aliphatic heterocycles. The van der Waals surface area contributed by atoms with Gasteiger partial charge < -0.3 is 10.6 Å². The Morgan fingerprint density at radius 2 is 2.13 bits per heavy atom. The van der Waals surface area contributed by atoms with Crippen molar-refractivity contribution in [2.75, 3.05) is 18.0 Å². The number of rotatable bonds is 2. The Labute approximate surface area is 88.8 Å². The van der Waals surface area contributed by atoms with Crippen molar-refractivity contribution in [1.29, 1.82) is 5.41 Å². The summed E-state index contributed by atoms with van der Waals surface area (Å²) in [5.74, 6) is 0.787. The summed E-state index contributed by atoms with van der Waals surface area (Å²) in [7, 11) is 0. The molecule has 0 radical (unpaired) electrons. The zero-order valence-electron chi connectivity index (χ0n) is 8.82. The lowest BCUT2D eigenvalue weighted by atomic mass is 10.2. The summed E-state index contributed by atoms with van der Waals surface area (Å²) >= 11 is 0. The summed E-state index contributed by atoms with van der Waals surface area (Å²) in [6, 6.07) is 0. The Morgan fingerprint density at radius 3 is 2.67 bits per heavy atom. The fourth-order valence-corrected chi connectivity index (χ4v) is 1.79. The van der Waals surface area contributed by atoms with Crippen LogP contribution in [0.1, 0.15) is 24.1 Å². The van der Waals surface area contributed by atoms with Crippen LogP contribution in [0.5, 0.6) is 0 Å². The minimum absolute atomic E-state index is 0.0282. The number of nitrogens with one attached hydrogen (secondary N) is 1. The first-order valence-electron chi connectivity index (χ1n) is 5.11. The van der Waals surface area contributed by atoms with Gasteiger partial charge in [-0.05, 0) is 19.8 Å². The zero-order valence-corrected chi connectivity index (χ0v) is 8.82. The van der Waals surface area contributed by atoms with Gasteiger partial charge in [0.15, 0.2) is 0 Å². The Bertz CT molecular complexity index is 381. The lowest BCUT2D eigenvalue weighted by Gasteiger charge is -2.15. The number of hydrogen-bond acceptors (Lipinski definition) is 4. The molecule has 0 spiro atoms. The van der Waals surface area contributed by atoms with Gasteiger partial charge in [-0.25, -0.2) is 9.97 Å². The Hall–Kier alpha value is -1.65. The quantitative estimate of drug-likeness (QED) is 0.549. The van der Waals surface area contributed by atoms with Crippen molar-refractivity contribution in [3.05, 3.63) is 17.5 Å². The maximum atomic E-state index is 7.34. The second-order valence-electron chi connectivity index (χ2n) is 3.78. The molecule has 2 heterocycles. The van der Waals surface area contributed by atoms with E-state index in [1.165, 1.54) is 12.8 Å². The van der Waals surface area contributed by atoms with Crippen LogP contribution in [0, 0.1) is 12.3 Å². The maximum absolute atomic E-state index is 7.34. The van der Waals surface area contributed by atoms with Crippen molar-refractivity contribution < 1.29 is 0 Å². The van der Waals surface area contributed by atoms with E-state index in [9.17, 15) is 0 Å². The highest BCUT2D eigenvalue weighted by atomic mass is 15.3. The van der Waals surface area contributed by atoms with Gasteiger partial charge in [-0.1, -0.05) is 0 Å².